The Balaban J connectivity index is 4.16. The van der Waals surface area contributed by atoms with Crippen molar-refractivity contribution < 1.29 is 0 Å². The quantitative estimate of drug-likeness (QED) is 0.795. The average Bonchev–Trinajstić information content (AvgIpc) is 1.94. The molecular weight excluding hydrogens is 208 g/mol. The molecule has 104 valence electrons. The van der Waals surface area contributed by atoms with Crippen LogP contribution >= 0.6 is 0 Å². The maximum atomic E-state index is 3.60. The predicted octanol–water partition coefficient (Wildman–Crippen LogP) is 3.38. The molecule has 2 heteroatoms. The lowest BCUT2D eigenvalue weighted by Crippen LogP contribution is -2.46. The highest BCUT2D eigenvalue weighted by molar-refractivity contribution is 4.81. The fraction of sp³-hybridized carbons (Fsp3) is 1.00. The lowest BCUT2D eigenvalue weighted by molar-refractivity contribution is 0.152. The predicted molar refractivity (Wildman–Crippen MR) is 78.5 cm³/mol. The monoisotopic (exact) mass is 242 g/mol. The van der Waals surface area contributed by atoms with Crippen molar-refractivity contribution in [2.24, 2.45) is 10.8 Å². The minimum Gasteiger partial charge on any atom is -0.311 e. The average molecular weight is 242 g/mol. The molecule has 0 radical (unpaired) electrons. The van der Waals surface area contributed by atoms with Crippen molar-refractivity contribution in [1.82, 2.24) is 10.2 Å². The molecule has 0 bridgehead atoms. The molecule has 0 aromatic carbocycles. The Morgan fingerprint density at radius 2 is 1.29 bits per heavy atom. The topological polar surface area (TPSA) is 15.3 Å². The van der Waals surface area contributed by atoms with Gasteiger partial charge in [0.05, 0.1) is 0 Å². The van der Waals surface area contributed by atoms with E-state index in [2.05, 4.69) is 72.7 Å². The SMILES string of the molecule is CN(CC(C)(C)C)CC(C)(C)CNC(C)(C)C. The first-order valence-corrected chi connectivity index (χ1v) is 6.74. The number of nitrogens with zero attached hydrogens (tertiary/aromatic N) is 1. The minimum absolute atomic E-state index is 0.208. The van der Waals surface area contributed by atoms with E-state index < -0.39 is 0 Å². The Morgan fingerprint density at radius 1 is 0.824 bits per heavy atom. The largest absolute Gasteiger partial charge is 0.311 e. The summed E-state index contributed by atoms with van der Waals surface area (Å²) in [6.07, 6.45) is 0. The van der Waals surface area contributed by atoms with Crippen molar-refractivity contribution in [1.29, 1.82) is 0 Å². The molecule has 0 aliphatic carbocycles. The van der Waals surface area contributed by atoms with Crippen molar-refractivity contribution in [3.8, 4) is 0 Å². The fourth-order valence-electron chi connectivity index (χ4n) is 2.16. The summed E-state index contributed by atoms with van der Waals surface area (Å²) in [7, 11) is 2.23. The number of hydrogen-bond donors (Lipinski definition) is 1. The van der Waals surface area contributed by atoms with Gasteiger partial charge in [-0.3, -0.25) is 0 Å². The Hall–Kier alpha value is -0.0800. The zero-order chi connectivity index (χ0) is 13.9. The van der Waals surface area contributed by atoms with E-state index in [0.717, 1.165) is 19.6 Å². The molecule has 0 spiro atoms. The molecule has 0 atom stereocenters. The second-order valence-corrected chi connectivity index (χ2v) is 8.50. The Labute approximate surface area is 109 Å². The highest BCUT2D eigenvalue weighted by Crippen LogP contribution is 2.20. The first-order chi connectivity index (χ1) is 7.31. The Kier molecular flexibility index (Phi) is 5.68. The van der Waals surface area contributed by atoms with Gasteiger partial charge in [-0.2, -0.15) is 0 Å². The molecular formula is C15H34N2. The molecule has 1 N–H and O–H groups in total. The van der Waals surface area contributed by atoms with Gasteiger partial charge >= 0.3 is 0 Å². The highest BCUT2D eigenvalue weighted by atomic mass is 15.1. The Morgan fingerprint density at radius 3 is 1.65 bits per heavy atom. The fourth-order valence-corrected chi connectivity index (χ4v) is 2.16. The molecule has 0 rings (SSSR count). The third-order valence-electron chi connectivity index (χ3n) is 2.54. The first kappa shape index (κ1) is 16.9. The molecule has 0 aliphatic heterocycles. The van der Waals surface area contributed by atoms with E-state index in [0.29, 0.717) is 10.8 Å². The molecule has 17 heavy (non-hydrogen) atoms. The second kappa shape index (κ2) is 5.71. The Bertz CT molecular complexity index is 218. The van der Waals surface area contributed by atoms with Gasteiger partial charge in [0.1, 0.15) is 0 Å². The molecule has 0 saturated heterocycles. The van der Waals surface area contributed by atoms with Gasteiger partial charge in [-0.25, -0.2) is 0 Å². The molecule has 0 fully saturated rings. The summed E-state index contributed by atoms with van der Waals surface area (Å²) in [6, 6.07) is 0. The van der Waals surface area contributed by atoms with E-state index in [1.165, 1.54) is 0 Å². The molecule has 0 aromatic rings. The van der Waals surface area contributed by atoms with Crippen LogP contribution in [0.4, 0.5) is 0 Å². The summed E-state index contributed by atoms with van der Waals surface area (Å²) in [5.74, 6) is 0. The number of rotatable bonds is 5. The molecule has 0 unspecified atom stereocenters. The van der Waals surface area contributed by atoms with E-state index in [1.807, 2.05) is 0 Å². The third-order valence-corrected chi connectivity index (χ3v) is 2.54. The van der Waals surface area contributed by atoms with E-state index in [4.69, 9.17) is 0 Å². The van der Waals surface area contributed by atoms with Gasteiger partial charge in [0, 0.05) is 25.2 Å². The van der Waals surface area contributed by atoms with Crippen molar-refractivity contribution >= 4 is 0 Å². The van der Waals surface area contributed by atoms with Crippen LogP contribution in [0.15, 0.2) is 0 Å². The summed E-state index contributed by atoms with van der Waals surface area (Å²) in [5, 5.41) is 3.60. The van der Waals surface area contributed by atoms with Crippen molar-refractivity contribution in [2.75, 3.05) is 26.7 Å². The van der Waals surface area contributed by atoms with Crippen LogP contribution in [-0.2, 0) is 0 Å². The maximum absolute atomic E-state index is 3.60. The zero-order valence-corrected chi connectivity index (χ0v) is 13.6. The smallest absolute Gasteiger partial charge is 0.00967 e. The van der Waals surface area contributed by atoms with Crippen LogP contribution in [0, 0.1) is 10.8 Å². The van der Waals surface area contributed by atoms with Gasteiger partial charge in [0.25, 0.3) is 0 Å². The first-order valence-electron chi connectivity index (χ1n) is 6.74. The van der Waals surface area contributed by atoms with Gasteiger partial charge in [0.2, 0.25) is 0 Å². The zero-order valence-electron chi connectivity index (χ0n) is 13.6. The van der Waals surface area contributed by atoms with E-state index >= 15 is 0 Å². The van der Waals surface area contributed by atoms with Gasteiger partial charge in [-0.1, -0.05) is 34.6 Å². The van der Waals surface area contributed by atoms with Crippen LogP contribution in [0.25, 0.3) is 0 Å². The van der Waals surface area contributed by atoms with Gasteiger partial charge < -0.3 is 10.2 Å². The van der Waals surface area contributed by atoms with Crippen molar-refractivity contribution in [3.63, 3.8) is 0 Å². The lowest BCUT2D eigenvalue weighted by atomic mass is 9.89. The van der Waals surface area contributed by atoms with E-state index in [-0.39, 0.29) is 5.54 Å². The molecule has 0 heterocycles. The van der Waals surface area contributed by atoms with Crippen LogP contribution in [0.5, 0.6) is 0 Å². The summed E-state index contributed by atoms with van der Waals surface area (Å²) in [4.78, 5) is 2.45. The van der Waals surface area contributed by atoms with Gasteiger partial charge in [-0.15, -0.1) is 0 Å². The number of hydrogen-bond acceptors (Lipinski definition) is 2. The second-order valence-electron chi connectivity index (χ2n) is 8.50. The van der Waals surface area contributed by atoms with Crippen LogP contribution in [0.3, 0.4) is 0 Å². The van der Waals surface area contributed by atoms with Crippen LogP contribution in [0.1, 0.15) is 55.4 Å². The number of nitrogens with one attached hydrogen (secondary N) is 1. The van der Waals surface area contributed by atoms with Gasteiger partial charge in [-0.05, 0) is 38.6 Å². The van der Waals surface area contributed by atoms with E-state index in [1.54, 1.807) is 0 Å². The summed E-state index contributed by atoms with van der Waals surface area (Å²) >= 11 is 0. The normalized spacial score (nSPS) is 14.5. The third kappa shape index (κ3) is 10.8. The van der Waals surface area contributed by atoms with Crippen LogP contribution < -0.4 is 5.32 Å². The van der Waals surface area contributed by atoms with Crippen LogP contribution in [0.2, 0.25) is 0 Å². The standard InChI is InChI=1S/C15H34N2/c1-13(2,3)11-17(9)12-15(7,8)10-16-14(4,5)6/h16H,10-12H2,1-9H3. The van der Waals surface area contributed by atoms with E-state index in [9.17, 15) is 0 Å². The highest BCUT2D eigenvalue weighted by Gasteiger charge is 2.24. The minimum atomic E-state index is 0.208. The van der Waals surface area contributed by atoms with Gasteiger partial charge in [0.15, 0.2) is 0 Å². The van der Waals surface area contributed by atoms with Crippen molar-refractivity contribution in [2.45, 2.75) is 60.9 Å². The van der Waals surface area contributed by atoms with Crippen molar-refractivity contribution in [3.05, 3.63) is 0 Å². The molecule has 0 amide bonds. The summed E-state index contributed by atoms with van der Waals surface area (Å²) in [6.45, 7) is 21.6. The molecule has 0 aliphatic rings. The molecule has 0 saturated carbocycles. The molecule has 2 nitrogen and oxygen atoms in total. The maximum Gasteiger partial charge on any atom is 0.00967 e. The molecule has 0 aromatic heterocycles. The summed E-state index contributed by atoms with van der Waals surface area (Å²) < 4.78 is 0. The lowest BCUT2D eigenvalue weighted by Gasteiger charge is -2.36. The summed E-state index contributed by atoms with van der Waals surface area (Å²) in [5.41, 5.74) is 0.898. The van der Waals surface area contributed by atoms with Crippen LogP contribution in [-0.4, -0.2) is 37.1 Å².